The highest BCUT2D eigenvalue weighted by Crippen LogP contribution is 2.28. The van der Waals surface area contributed by atoms with Gasteiger partial charge >= 0.3 is 5.97 Å². The second kappa shape index (κ2) is 24.1. The third kappa shape index (κ3) is 18.0. The highest BCUT2D eigenvalue weighted by Gasteiger charge is 2.29. The number of carbonyl (C=O) groups is 1. The second-order valence-electron chi connectivity index (χ2n) is 12.6. The molecule has 41 heavy (non-hydrogen) atoms. The Morgan fingerprint density at radius 1 is 0.780 bits per heavy atom. The van der Waals surface area contributed by atoms with Gasteiger partial charge in [-0.25, -0.2) is 4.79 Å². The van der Waals surface area contributed by atoms with Crippen LogP contribution in [0.5, 0.6) is 0 Å². The summed E-state index contributed by atoms with van der Waals surface area (Å²) in [4.78, 5) is 11.6. The van der Waals surface area contributed by atoms with Crippen molar-refractivity contribution in [3.05, 3.63) is 36.0 Å². The first-order valence-electron chi connectivity index (χ1n) is 17.6. The largest absolute Gasteiger partial charge is 0.455 e. The molecular weight excluding hydrogens is 508 g/mol. The van der Waals surface area contributed by atoms with Crippen LogP contribution in [-0.4, -0.2) is 35.5 Å². The van der Waals surface area contributed by atoms with E-state index < -0.39 is 0 Å². The van der Waals surface area contributed by atoms with Crippen molar-refractivity contribution >= 4 is 5.97 Å². The molecule has 0 unspecified atom stereocenters. The molecule has 2 aliphatic heterocycles. The highest BCUT2D eigenvalue weighted by atomic mass is 16.5. The summed E-state index contributed by atoms with van der Waals surface area (Å²) in [6.45, 7) is 4.20. The van der Waals surface area contributed by atoms with E-state index in [1.54, 1.807) is 0 Å². The quantitative estimate of drug-likeness (QED) is 0.0636. The number of allylic oxidation sites excluding steroid dienone is 4. The molecule has 0 aliphatic carbocycles. The summed E-state index contributed by atoms with van der Waals surface area (Å²) in [7, 11) is 0. The zero-order valence-electron chi connectivity index (χ0n) is 26.8. The lowest BCUT2D eigenvalue weighted by molar-refractivity contribution is -0.139. The summed E-state index contributed by atoms with van der Waals surface area (Å²) in [5, 5.41) is 10.6. The van der Waals surface area contributed by atoms with Crippen molar-refractivity contribution in [1.82, 2.24) is 0 Å². The maximum Gasteiger partial charge on any atom is 0.334 e. The summed E-state index contributed by atoms with van der Waals surface area (Å²) >= 11 is 0. The Morgan fingerprint density at radius 3 is 2.02 bits per heavy atom. The Bertz CT molecular complexity index is 739. The van der Waals surface area contributed by atoms with Gasteiger partial charge in [0.05, 0.1) is 18.3 Å². The van der Waals surface area contributed by atoms with Gasteiger partial charge in [-0.05, 0) is 83.6 Å². The summed E-state index contributed by atoms with van der Waals surface area (Å²) in [5.41, 5.74) is 0.860. The van der Waals surface area contributed by atoms with Gasteiger partial charge < -0.3 is 14.6 Å². The van der Waals surface area contributed by atoms with Crippen molar-refractivity contribution in [2.75, 3.05) is 0 Å². The number of carbonyl (C=O) groups excluding carboxylic acids is 1. The fourth-order valence-electron chi connectivity index (χ4n) is 6.13. The lowest BCUT2D eigenvalue weighted by Gasteiger charge is -2.18. The molecule has 4 atom stereocenters. The third-order valence-corrected chi connectivity index (χ3v) is 8.72. The van der Waals surface area contributed by atoms with Gasteiger partial charge in [-0.15, -0.1) is 0 Å². The summed E-state index contributed by atoms with van der Waals surface area (Å²) < 4.78 is 11.3. The molecule has 1 N–H and O–H groups in total. The molecular formula is C37H64O4. The van der Waals surface area contributed by atoms with Crippen LogP contribution in [0.15, 0.2) is 36.0 Å². The van der Waals surface area contributed by atoms with Crippen molar-refractivity contribution < 1.29 is 19.4 Å². The van der Waals surface area contributed by atoms with Crippen molar-refractivity contribution in [3.63, 3.8) is 0 Å². The van der Waals surface area contributed by atoms with Crippen LogP contribution >= 0.6 is 0 Å². The average Bonchev–Trinajstić information content (AvgIpc) is 3.57. The van der Waals surface area contributed by atoms with Crippen LogP contribution in [0.2, 0.25) is 0 Å². The van der Waals surface area contributed by atoms with Gasteiger partial charge in [0.2, 0.25) is 0 Å². The van der Waals surface area contributed by atoms with E-state index in [2.05, 4.69) is 31.2 Å². The first kappa shape index (κ1) is 35.8. The molecule has 2 heterocycles. The molecule has 0 aromatic rings. The maximum atomic E-state index is 11.6. The number of ether oxygens (including phenoxy) is 2. The van der Waals surface area contributed by atoms with E-state index in [9.17, 15) is 9.90 Å². The second-order valence-corrected chi connectivity index (χ2v) is 12.6. The van der Waals surface area contributed by atoms with E-state index in [0.29, 0.717) is 6.10 Å². The molecule has 1 fully saturated rings. The van der Waals surface area contributed by atoms with Gasteiger partial charge in [0, 0.05) is 5.57 Å². The van der Waals surface area contributed by atoms with Crippen LogP contribution in [0.25, 0.3) is 0 Å². The van der Waals surface area contributed by atoms with Gasteiger partial charge in [0.15, 0.2) is 0 Å². The molecule has 2 aliphatic rings. The number of aliphatic hydroxyl groups excluding tert-OH is 1. The molecule has 0 saturated carbocycles. The van der Waals surface area contributed by atoms with Crippen LogP contribution in [0.4, 0.5) is 0 Å². The molecule has 2 rings (SSSR count). The normalized spacial score (nSPS) is 21.8. The Hall–Kier alpha value is -1.39. The maximum absolute atomic E-state index is 11.6. The van der Waals surface area contributed by atoms with Gasteiger partial charge in [-0.3, -0.25) is 0 Å². The van der Waals surface area contributed by atoms with E-state index in [-0.39, 0.29) is 24.3 Å². The number of cyclic esters (lactones) is 1. The molecule has 0 amide bonds. The van der Waals surface area contributed by atoms with Gasteiger partial charge in [-0.1, -0.05) is 115 Å². The van der Waals surface area contributed by atoms with Gasteiger partial charge in [0.1, 0.15) is 6.10 Å². The zero-order valence-corrected chi connectivity index (χ0v) is 26.8. The van der Waals surface area contributed by atoms with Crippen molar-refractivity contribution in [2.45, 2.75) is 192 Å². The molecule has 4 nitrogen and oxygen atoms in total. The zero-order chi connectivity index (χ0) is 29.4. The molecule has 0 aromatic carbocycles. The minimum absolute atomic E-state index is 0.0176. The minimum atomic E-state index is -0.343. The fraction of sp³-hybridized carbons (Fsp3) is 0.811. The predicted molar refractivity (Wildman–Crippen MR) is 173 cm³/mol. The molecule has 4 heteroatoms. The molecule has 0 spiro atoms. The highest BCUT2D eigenvalue weighted by molar-refractivity contribution is 5.90. The van der Waals surface area contributed by atoms with Crippen LogP contribution in [-0.2, 0) is 14.3 Å². The van der Waals surface area contributed by atoms with E-state index >= 15 is 0 Å². The standard InChI is InChI=1S/C37H64O4/c1-3-4-5-6-7-8-9-10-11-12-13-14-15-16-17-18-22-25-28-35(38)36-30-29-34(41-36)27-24-21-19-20-23-26-33-31-32(2)40-37(33)39/h14-15,18,22,31-32,34-36,38H,3-13,16-17,19-21,23-30H2,1-2H3/b15-14-,22-18-/t32-,34+,35-,36-/m0/s1. The van der Waals surface area contributed by atoms with Gasteiger partial charge in [-0.2, -0.15) is 0 Å². The van der Waals surface area contributed by atoms with Crippen LogP contribution < -0.4 is 0 Å². The van der Waals surface area contributed by atoms with Crippen molar-refractivity contribution in [3.8, 4) is 0 Å². The molecule has 0 aromatic heterocycles. The molecule has 1 saturated heterocycles. The first-order chi connectivity index (χ1) is 20.1. The number of unbranched alkanes of at least 4 members (excludes halogenated alkanes) is 15. The number of aliphatic hydroxyl groups is 1. The Morgan fingerprint density at radius 2 is 1.37 bits per heavy atom. The monoisotopic (exact) mass is 572 g/mol. The summed E-state index contributed by atoms with van der Waals surface area (Å²) in [6.07, 6.45) is 40.2. The lowest BCUT2D eigenvalue weighted by atomic mass is 10.0. The van der Waals surface area contributed by atoms with Crippen LogP contribution in [0, 0.1) is 0 Å². The predicted octanol–water partition coefficient (Wildman–Crippen LogP) is 10.5. The Balaban J connectivity index is 1.34. The van der Waals surface area contributed by atoms with Crippen molar-refractivity contribution in [1.29, 1.82) is 0 Å². The first-order valence-corrected chi connectivity index (χ1v) is 17.6. The van der Waals surface area contributed by atoms with E-state index in [1.165, 1.54) is 89.9 Å². The average molecular weight is 573 g/mol. The van der Waals surface area contributed by atoms with Gasteiger partial charge in [0.25, 0.3) is 0 Å². The smallest absolute Gasteiger partial charge is 0.334 e. The fourth-order valence-corrected chi connectivity index (χ4v) is 6.13. The Labute approximate surface area is 253 Å². The minimum Gasteiger partial charge on any atom is -0.455 e. The van der Waals surface area contributed by atoms with E-state index in [4.69, 9.17) is 9.47 Å². The lowest BCUT2D eigenvalue weighted by Crippen LogP contribution is -2.26. The number of rotatable bonds is 26. The van der Waals surface area contributed by atoms with Crippen molar-refractivity contribution in [2.24, 2.45) is 0 Å². The van der Waals surface area contributed by atoms with Crippen LogP contribution in [0.1, 0.15) is 168 Å². The number of esters is 1. The number of hydrogen-bond donors (Lipinski definition) is 1. The molecule has 236 valence electrons. The molecule has 0 radical (unpaired) electrons. The van der Waals surface area contributed by atoms with E-state index in [1.807, 2.05) is 13.0 Å². The Kier molecular flexibility index (Phi) is 21.0. The van der Waals surface area contributed by atoms with Crippen LogP contribution in [0.3, 0.4) is 0 Å². The van der Waals surface area contributed by atoms with E-state index in [0.717, 1.165) is 69.8 Å². The summed E-state index contributed by atoms with van der Waals surface area (Å²) in [6, 6.07) is 0. The topological polar surface area (TPSA) is 55.8 Å². The number of hydrogen-bond acceptors (Lipinski definition) is 4. The SMILES string of the molecule is CCCCCCCCCCCC/C=C\CC/C=C\CC[C@H](O)[C@@H]1CC[C@@H](CCCCCCCC2=C[C@H](C)OC2=O)O1. The molecule has 0 bridgehead atoms. The summed E-state index contributed by atoms with van der Waals surface area (Å²) in [5.74, 6) is -0.124. The third-order valence-electron chi connectivity index (χ3n) is 8.72.